The first-order valence-corrected chi connectivity index (χ1v) is 11.0. The zero-order valence-electron chi connectivity index (χ0n) is 15.7. The molecule has 1 aliphatic rings. The number of nitrogens with zero attached hydrogens (tertiary/aromatic N) is 1. The molecule has 0 aromatic heterocycles. The van der Waals surface area contributed by atoms with Gasteiger partial charge in [-0.15, -0.1) is 0 Å². The van der Waals surface area contributed by atoms with Crippen molar-refractivity contribution in [3.63, 3.8) is 0 Å². The van der Waals surface area contributed by atoms with Crippen LogP contribution in [0.15, 0.2) is 4.99 Å². The molecule has 0 spiro atoms. The van der Waals surface area contributed by atoms with Gasteiger partial charge >= 0.3 is 0 Å². The molecule has 0 radical (unpaired) electrons. The van der Waals surface area contributed by atoms with Crippen LogP contribution in [0.25, 0.3) is 0 Å². The molecule has 0 bridgehead atoms. The fourth-order valence-corrected chi connectivity index (χ4v) is 2.83. The van der Waals surface area contributed by atoms with Gasteiger partial charge in [-0.25, -0.2) is 8.42 Å². The van der Waals surface area contributed by atoms with Crippen LogP contribution in [0.3, 0.4) is 0 Å². The third kappa shape index (κ3) is 7.83. The van der Waals surface area contributed by atoms with E-state index >= 15 is 0 Å². The summed E-state index contributed by atoms with van der Waals surface area (Å²) in [6.45, 7) is 7.65. The fraction of sp³-hybridized carbons (Fsp3) is 0.941. The lowest BCUT2D eigenvalue weighted by Gasteiger charge is -2.21. The van der Waals surface area contributed by atoms with E-state index in [1.807, 2.05) is 6.92 Å². The number of guanidine groups is 1. The summed E-state index contributed by atoms with van der Waals surface area (Å²) in [7, 11) is -3.14. The van der Waals surface area contributed by atoms with Gasteiger partial charge < -0.3 is 15.4 Å². The van der Waals surface area contributed by atoms with Crippen molar-refractivity contribution >= 4 is 15.8 Å². The van der Waals surface area contributed by atoms with Crippen LogP contribution in [0.2, 0.25) is 0 Å². The third-order valence-electron chi connectivity index (χ3n) is 4.52. The van der Waals surface area contributed by atoms with Gasteiger partial charge in [0.05, 0.1) is 24.0 Å². The summed E-state index contributed by atoms with van der Waals surface area (Å²) >= 11 is 0. The van der Waals surface area contributed by atoms with Gasteiger partial charge in [-0.05, 0) is 33.6 Å². The minimum atomic E-state index is -3.14. The van der Waals surface area contributed by atoms with E-state index in [-0.39, 0.29) is 6.54 Å². The van der Waals surface area contributed by atoms with E-state index in [0.717, 1.165) is 19.4 Å². The molecule has 0 heterocycles. The van der Waals surface area contributed by atoms with Crippen molar-refractivity contribution in [3.8, 4) is 0 Å². The summed E-state index contributed by atoms with van der Waals surface area (Å²) in [5.74, 6) is 0.638. The Morgan fingerprint density at radius 1 is 1.17 bits per heavy atom. The highest BCUT2D eigenvalue weighted by Gasteiger charge is 2.29. The number of hydrogen-bond donors (Lipinski definition) is 2. The first-order valence-electron chi connectivity index (χ1n) is 9.09. The summed E-state index contributed by atoms with van der Waals surface area (Å²) in [4.78, 5) is 4.41. The van der Waals surface area contributed by atoms with Crippen molar-refractivity contribution in [2.24, 2.45) is 4.99 Å². The second kappa shape index (κ2) is 10.2. The van der Waals surface area contributed by atoms with Crippen molar-refractivity contribution in [1.82, 2.24) is 10.6 Å². The maximum absolute atomic E-state index is 11.8. The Hall–Kier alpha value is -0.820. The average Bonchev–Trinajstić information content (AvgIpc) is 2.76. The van der Waals surface area contributed by atoms with Crippen LogP contribution < -0.4 is 10.6 Å². The van der Waals surface area contributed by atoms with Gasteiger partial charge in [0.2, 0.25) is 0 Å². The van der Waals surface area contributed by atoms with Crippen LogP contribution in [-0.2, 0) is 14.6 Å². The predicted molar refractivity (Wildman–Crippen MR) is 100 cm³/mol. The minimum absolute atomic E-state index is 0.227. The Morgan fingerprint density at radius 2 is 1.79 bits per heavy atom. The highest BCUT2D eigenvalue weighted by atomic mass is 32.2. The Kier molecular flexibility index (Phi) is 9.05. The first kappa shape index (κ1) is 21.2. The van der Waals surface area contributed by atoms with E-state index in [4.69, 9.17) is 4.74 Å². The van der Waals surface area contributed by atoms with Crippen LogP contribution >= 0.6 is 0 Å². The molecule has 0 amide bonds. The normalized spacial score (nSPS) is 18.2. The molecule has 0 atom stereocenters. The number of hydrogen-bond acceptors (Lipinski definition) is 4. The molecular formula is C17H35N3O3S. The summed E-state index contributed by atoms with van der Waals surface area (Å²) in [5, 5.41) is 6.36. The standard InChI is InChI=1S/C17H35N3O3S/c1-5-18-16(20-14-17(2,3)24(4,21)22)19-12-13-23-15-10-8-6-7-9-11-15/h15H,5-14H2,1-4H3,(H2,18,19,20). The Bertz CT molecular complexity index is 481. The van der Waals surface area contributed by atoms with E-state index in [9.17, 15) is 8.42 Å². The van der Waals surface area contributed by atoms with E-state index < -0.39 is 14.6 Å². The Morgan fingerprint density at radius 3 is 2.33 bits per heavy atom. The molecule has 0 saturated heterocycles. The minimum Gasteiger partial charge on any atom is -0.376 e. The van der Waals surface area contributed by atoms with E-state index in [1.165, 1.54) is 31.9 Å². The third-order valence-corrected chi connectivity index (χ3v) is 6.65. The number of aliphatic imine (C=N–C) groups is 1. The molecule has 0 aliphatic heterocycles. The van der Waals surface area contributed by atoms with Gasteiger partial charge in [0, 0.05) is 19.3 Å². The largest absolute Gasteiger partial charge is 0.376 e. The molecular weight excluding hydrogens is 326 g/mol. The summed E-state index contributed by atoms with van der Waals surface area (Å²) in [6, 6.07) is 0. The second-order valence-electron chi connectivity index (χ2n) is 7.14. The molecule has 2 N–H and O–H groups in total. The van der Waals surface area contributed by atoms with Crippen LogP contribution in [0.4, 0.5) is 0 Å². The van der Waals surface area contributed by atoms with Crippen LogP contribution in [0, 0.1) is 0 Å². The summed E-state index contributed by atoms with van der Waals surface area (Å²) in [5.41, 5.74) is 0. The topological polar surface area (TPSA) is 79.8 Å². The SMILES string of the molecule is CCNC(=NCC(C)(C)S(C)(=O)=O)NCCOC1CCCCCC1. The van der Waals surface area contributed by atoms with Crippen molar-refractivity contribution in [2.45, 2.75) is 70.1 Å². The van der Waals surface area contributed by atoms with Crippen molar-refractivity contribution < 1.29 is 13.2 Å². The molecule has 0 aromatic carbocycles. The van der Waals surface area contributed by atoms with Gasteiger partial charge in [-0.1, -0.05) is 25.7 Å². The number of sulfone groups is 1. The molecule has 6 nitrogen and oxygen atoms in total. The van der Waals surface area contributed by atoms with Crippen molar-refractivity contribution in [3.05, 3.63) is 0 Å². The molecule has 0 aromatic rings. The van der Waals surface area contributed by atoms with E-state index in [0.29, 0.717) is 25.2 Å². The zero-order valence-corrected chi connectivity index (χ0v) is 16.5. The Labute approximate surface area is 147 Å². The lowest BCUT2D eigenvalue weighted by atomic mass is 10.1. The summed E-state index contributed by atoms with van der Waals surface area (Å²) < 4.78 is 28.6. The quantitative estimate of drug-likeness (QED) is 0.300. The van der Waals surface area contributed by atoms with E-state index in [1.54, 1.807) is 13.8 Å². The maximum Gasteiger partial charge on any atom is 0.191 e. The van der Waals surface area contributed by atoms with Gasteiger partial charge in [0.15, 0.2) is 15.8 Å². The van der Waals surface area contributed by atoms with Crippen molar-refractivity contribution in [2.75, 3.05) is 32.5 Å². The maximum atomic E-state index is 11.8. The highest BCUT2D eigenvalue weighted by Crippen LogP contribution is 2.19. The van der Waals surface area contributed by atoms with Crippen LogP contribution in [-0.4, -0.2) is 57.7 Å². The monoisotopic (exact) mass is 361 g/mol. The first-order chi connectivity index (χ1) is 11.3. The zero-order chi connectivity index (χ0) is 18.1. The van der Waals surface area contributed by atoms with E-state index in [2.05, 4.69) is 15.6 Å². The molecule has 1 aliphatic carbocycles. The fourth-order valence-electron chi connectivity index (χ4n) is 2.53. The number of nitrogens with one attached hydrogen (secondary N) is 2. The lowest BCUT2D eigenvalue weighted by Crippen LogP contribution is -2.41. The van der Waals surface area contributed by atoms with Crippen LogP contribution in [0.1, 0.15) is 59.3 Å². The average molecular weight is 362 g/mol. The molecule has 1 saturated carbocycles. The molecule has 1 fully saturated rings. The number of ether oxygens (including phenoxy) is 1. The van der Waals surface area contributed by atoms with Crippen LogP contribution in [0.5, 0.6) is 0 Å². The molecule has 1 rings (SSSR count). The van der Waals surface area contributed by atoms with Gasteiger partial charge in [0.25, 0.3) is 0 Å². The highest BCUT2D eigenvalue weighted by molar-refractivity contribution is 7.92. The predicted octanol–water partition coefficient (Wildman–Crippen LogP) is 2.10. The smallest absolute Gasteiger partial charge is 0.191 e. The number of rotatable bonds is 8. The Balaban J connectivity index is 2.40. The molecule has 24 heavy (non-hydrogen) atoms. The van der Waals surface area contributed by atoms with Gasteiger partial charge in [-0.2, -0.15) is 0 Å². The van der Waals surface area contributed by atoms with Crippen molar-refractivity contribution in [1.29, 1.82) is 0 Å². The summed E-state index contributed by atoms with van der Waals surface area (Å²) in [6.07, 6.45) is 9.15. The van der Waals surface area contributed by atoms with Gasteiger partial charge in [0.1, 0.15) is 0 Å². The second-order valence-corrected chi connectivity index (χ2v) is 9.79. The molecule has 142 valence electrons. The van der Waals surface area contributed by atoms with Gasteiger partial charge in [-0.3, -0.25) is 4.99 Å². The molecule has 0 unspecified atom stereocenters. The molecule has 7 heteroatoms. The lowest BCUT2D eigenvalue weighted by molar-refractivity contribution is 0.0468.